The van der Waals surface area contributed by atoms with Crippen LogP contribution in [0.15, 0.2) is 23.2 Å². The minimum atomic E-state index is -0.710. The zero-order chi connectivity index (χ0) is 17.1. The Hall–Kier alpha value is -2.41. The van der Waals surface area contributed by atoms with Crippen molar-refractivity contribution in [2.75, 3.05) is 31.6 Å². The van der Waals surface area contributed by atoms with Crippen molar-refractivity contribution >= 4 is 23.5 Å². The molecule has 1 aromatic carbocycles. The molecule has 0 radical (unpaired) electrons. The average Bonchev–Trinajstić information content (AvgIpc) is 2.58. The predicted molar refractivity (Wildman–Crippen MR) is 90.9 cm³/mol. The van der Waals surface area contributed by atoms with E-state index in [1.54, 1.807) is 0 Å². The number of hydrogen-bond donors (Lipinski definition) is 2. The summed E-state index contributed by atoms with van der Waals surface area (Å²) in [6.45, 7) is 6.51. The van der Waals surface area contributed by atoms with E-state index in [0.717, 1.165) is 16.8 Å². The van der Waals surface area contributed by atoms with Gasteiger partial charge >= 0.3 is 0 Å². The Bertz CT molecular complexity index is 680. The SMILES string of the molecule is Cc1ccc(NC(=O)[C@H]2CC(=O)NC(N3CCOCC3)=N2)cc1C. The monoisotopic (exact) mass is 330 g/mol. The maximum atomic E-state index is 12.5. The van der Waals surface area contributed by atoms with Crippen LogP contribution in [0, 0.1) is 13.8 Å². The smallest absolute Gasteiger partial charge is 0.249 e. The number of guanidine groups is 1. The number of carbonyl (C=O) groups excluding carboxylic acids is 2. The van der Waals surface area contributed by atoms with Crippen molar-refractivity contribution in [2.45, 2.75) is 26.3 Å². The molecule has 7 nitrogen and oxygen atoms in total. The Labute approximate surface area is 141 Å². The fraction of sp³-hybridized carbons (Fsp3) is 0.471. The van der Waals surface area contributed by atoms with E-state index in [2.05, 4.69) is 15.6 Å². The standard InChI is InChI=1S/C17H22N4O3/c1-11-3-4-13(9-12(11)2)18-16(23)14-10-15(22)20-17(19-14)21-5-7-24-8-6-21/h3-4,9,14H,5-8,10H2,1-2H3,(H,18,23)(H,19,20,22)/t14-/m1/s1. The lowest BCUT2D eigenvalue weighted by molar-refractivity contribution is -0.125. The van der Waals surface area contributed by atoms with Gasteiger partial charge in [0.05, 0.1) is 19.6 Å². The normalized spacial score (nSPS) is 21.1. The molecule has 1 fully saturated rings. The molecule has 128 valence electrons. The first kappa shape index (κ1) is 16.4. The number of aryl methyl sites for hydroxylation is 2. The van der Waals surface area contributed by atoms with Crippen LogP contribution in [-0.4, -0.2) is 55.0 Å². The van der Waals surface area contributed by atoms with Gasteiger partial charge in [0, 0.05) is 18.8 Å². The van der Waals surface area contributed by atoms with Crippen LogP contribution in [0.25, 0.3) is 0 Å². The van der Waals surface area contributed by atoms with Gasteiger partial charge in [-0.05, 0) is 37.1 Å². The summed E-state index contributed by atoms with van der Waals surface area (Å²) in [5, 5.41) is 5.61. The molecule has 1 aromatic rings. The number of morpholine rings is 1. The Balaban J connectivity index is 1.72. The van der Waals surface area contributed by atoms with E-state index in [-0.39, 0.29) is 18.2 Å². The second-order valence-corrected chi connectivity index (χ2v) is 6.11. The van der Waals surface area contributed by atoms with Crippen LogP contribution >= 0.6 is 0 Å². The van der Waals surface area contributed by atoms with E-state index in [0.29, 0.717) is 32.3 Å². The van der Waals surface area contributed by atoms with Crippen LogP contribution in [-0.2, 0) is 14.3 Å². The quantitative estimate of drug-likeness (QED) is 0.841. The molecule has 1 atom stereocenters. The summed E-state index contributed by atoms with van der Waals surface area (Å²) in [5.41, 5.74) is 2.99. The summed E-state index contributed by atoms with van der Waals surface area (Å²) in [6, 6.07) is 5.03. The van der Waals surface area contributed by atoms with E-state index < -0.39 is 6.04 Å². The number of benzene rings is 1. The molecule has 24 heavy (non-hydrogen) atoms. The molecule has 0 aliphatic carbocycles. The topological polar surface area (TPSA) is 83.0 Å². The number of ether oxygens (including phenoxy) is 1. The van der Waals surface area contributed by atoms with Crippen molar-refractivity contribution in [2.24, 2.45) is 4.99 Å². The number of hydrogen-bond acceptors (Lipinski definition) is 5. The highest BCUT2D eigenvalue weighted by molar-refractivity contribution is 6.06. The van der Waals surface area contributed by atoms with Gasteiger partial charge in [0.1, 0.15) is 6.04 Å². The molecule has 2 heterocycles. The lowest BCUT2D eigenvalue weighted by Gasteiger charge is -2.32. The molecule has 0 spiro atoms. The molecule has 7 heteroatoms. The fourth-order valence-electron chi connectivity index (χ4n) is 2.71. The molecule has 0 aromatic heterocycles. The number of nitrogens with one attached hydrogen (secondary N) is 2. The van der Waals surface area contributed by atoms with Crippen LogP contribution < -0.4 is 10.6 Å². The number of amides is 2. The number of aliphatic imine (C=N–C) groups is 1. The van der Waals surface area contributed by atoms with E-state index in [1.165, 1.54) is 0 Å². The molecule has 2 aliphatic heterocycles. The van der Waals surface area contributed by atoms with Gasteiger partial charge in [0.2, 0.25) is 17.8 Å². The van der Waals surface area contributed by atoms with Crippen LogP contribution in [0.1, 0.15) is 17.5 Å². The number of anilines is 1. The van der Waals surface area contributed by atoms with Crippen LogP contribution in [0.2, 0.25) is 0 Å². The van der Waals surface area contributed by atoms with E-state index in [1.807, 2.05) is 36.9 Å². The predicted octanol–water partition coefficient (Wildman–Crippen LogP) is 0.819. The molecule has 2 aliphatic rings. The van der Waals surface area contributed by atoms with Gasteiger partial charge in [-0.2, -0.15) is 0 Å². The van der Waals surface area contributed by atoms with Crippen molar-refractivity contribution in [3.05, 3.63) is 29.3 Å². The third-order valence-electron chi connectivity index (χ3n) is 4.30. The molecule has 3 rings (SSSR count). The highest BCUT2D eigenvalue weighted by Crippen LogP contribution is 2.16. The van der Waals surface area contributed by atoms with Crippen molar-refractivity contribution < 1.29 is 14.3 Å². The van der Waals surface area contributed by atoms with Gasteiger partial charge in [-0.15, -0.1) is 0 Å². The van der Waals surface area contributed by atoms with E-state index in [9.17, 15) is 9.59 Å². The van der Waals surface area contributed by atoms with Crippen molar-refractivity contribution in [3.63, 3.8) is 0 Å². The Morgan fingerprint density at radius 2 is 2.04 bits per heavy atom. The molecular weight excluding hydrogens is 308 g/mol. The van der Waals surface area contributed by atoms with Crippen LogP contribution in [0.4, 0.5) is 5.69 Å². The zero-order valence-electron chi connectivity index (χ0n) is 14.0. The van der Waals surface area contributed by atoms with Gasteiger partial charge in [-0.25, -0.2) is 4.99 Å². The molecular formula is C17H22N4O3. The van der Waals surface area contributed by atoms with Gasteiger partial charge in [-0.1, -0.05) is 6.07 Å². The number of rotatable bonds is 2. The first-order valence-electron chi connectivity index (χ1n) is 8.11. The second kappa shape index (κ2) is 7.00. The van der Waals surface area contributed by atoms with E-state index >= 15 is 0 Å². The summed E-state index contributed by atoms with van der Waals surface area (Å²) < 4.78 is 5.30. The van der Waals surface area contributed by atoms with Gasteiger partial charge in [-0.3, -0.25) is 14.9 Å². The van der Waals surface area contributed by atoms with Gasteiger partial charge in [0.25, 0.3) is 0 Å². The van der Waals surface area contributed by atoms with E-state index in [4.69, 9.17) is 4.74 Å². The van der Waals surface area contributed by atoms with Gasteiger partial charge in [0.15, 0.2) is 0 Å². The number of carbonyl (C=O) groups is 2. The first-order chi connectivity index (χ1) is 11.5. The molecule has 2 amide bonds. The summed E-state index contributed by atoms with van der Waals surface area (Å²) in [6.07, 6.45) is 0.0600. The average molecular weight is 330 g/mol. The minimum absolute atomic E-state index is 0.0600. The third-order valence-corrected chi connectivity index (χ3v) is 4.30. The highest BCUT2D eigenvalue weighted by atomic mass is 16.5. The van der Waals surface area contributed by atoms with Crippen LogP contribution in [0.3, 0.4) is 0 Å². The zero-order valence-corrected chi connectivity index (χ0v) is 14.0. The van der Waals surface area contributed by atoms with Crippen molar-refractivity contribution in [1.29, 1.82) is 0 Å². The molecule has 1 saturated heterocycles. The molecule has 0 saturated carbocycles. The minimum Gasteiger partial charge on any atom is -0.378 e. The van der Waals surface area contributed by atoms with Crippen LogP contribution in [0.5, 0.6) is 0 Å². The molecule has 2 N–H and O–H groups in total. The Morgan fingerprint density at radius 1 is 1.29 bits per heavy atom. The lowest BCUT2D eigenvalue weighted by atomic mass is 10.1. The number of nitrogens with zero attached hydrogens (tertiary/aromatic N) is 2. The first-order valence-corrected chi connectivity index (χ1v) is 8.11. The third kappa shape index (κ3) is 3.73. The Kier molecular flexibility index (Phi) is 4.80. The Morgan fingerprint density at radius 3 is 2.75 bits per heavy atom. The summed E-state index contributed by atoms with van der Waals surface area (Å²) in [7, 11) is 0. The van der Waals surface area contributed by atoms with Gasteiger partial charge < -0.3 is 15.0 Å². The highest BCUT2D eigenvalue weighted by Gasteiger charge is 2.29. The molecule has 0 bridgehead atoms. The summed E-state index contributed by atoms with van der Waals surface area (Å²) in [4.78, 5) is 30.8. The van der Waals surface area contributed by atoms with Crippen molar-refractivity contribution in [1.82, 2.24) is 10.2 Å². The second-order valence-electron chi connectivity index (χ2n) is 6.11. The maximum absolute atomic E-state index is 12.5. The largest absolute Gasteiger partial charge is 0.378 e. The summed E-state index contributed by atoms with van der Waals surface area (Å²) in [5.74, 6) is 0.0142. The summed E-state index contributed by atoms with van der Waals surface area (Å²) >= 11 is 0. The maximum Gasteiger partial charge on any atom is 0.249 e. The fourth-order valence-corrected chi connectivity index (χ4v) is 2.71. The lowest BCUT2D eigenvalue weighted by Crippen LogP contribution is -2.53. The molecule has 0 unspecified atom stereocenters. The van der Waals surface area contributed by atoms with Crippen molar-refractivity contribution in [3.8, 4) is 0 Å².